The van der Waals surface area contributed by atoms with Gasteiger partial charge >= 0.3 is 0 Å². The Morgan fingerprint density at radius 3 is 2.58 bits per heavy atom. The van der Waals surface area contributed by atoms with Gasteiger partial charge in [-0.2, -0.15) is 0 Å². The summed E-state index contributed by atoms with van der Waals surface area (Å²) in [5, 5.41) is 0. The van der Waals surface area contributed by atoms with Crippen LogP contribution in [0.3, 0.4) is 0 Å². The lowest BCUT2D eigenvalue weighted by atomic mass is 10.2. The van der Waals surface area contributed by atoms with Gasteiger partial charge in [0.25, 0.3) is 0 Å². The molecule has 0 saturated heterocycles. The molecule has 1 aliphatic carbocycles. The standard InChI is InChI=1S/C13H19FN2O2S/c1-9-5-11(9)8-16(2)19(17,18)13-4-3-10(7-15)6-12(13)14/h3-4,6,9,11H,5,7-8,15H2,1-2H3. The number of nitrogens with zero attached hydrogens (tertiary/aromatic N) is 1. The van der Waals surface area contributed by atoms with E-state index in [2.05, 4.69) is 6.92 Å². The van der Waals surface area contributed by atoms with Crippen molar-refractivity contribution in [3.05, 3.63) is 29.6 Å². The van der Waals surface area contributed by atoms with E-state index >= 15 is 0 Å². The minimum Gasteiger partial charge on any atom is -0.326 e. The van der Waals surface area contributed by atoms with Gasteiger partial charge in [-0.15, -0.1) is 0 Å². The van der Waals surface area contributed by atoms with Crippen LogP contribution < -0.4 is 5.73 Å². The molecule has 2 N–H and O–H groups in total. The lowest BCUT2D eigenvalue weighted by Crippen LogP contribution is -2.30. The van der Waals surface area contributed by atoms with Crippen molar-refractivity contribution in [2.45, 2.75) is 24.8 Å². The first-order valence-corrected chi connectivity index (χ1v) is 7.75. The van der Waals surface area contributed by atoms with Crippen molar-refractivity contribution in [1.82, 2.24) is 4.31 Å². The lowest BCUT2D eigenvalue weighted by molar-refractivity contribution is 0.440. The smallest absolute Gasteiger partial charge is 0.245 e. The van der Waals surface area contributed by atoms with E-state index in [0.717, 1.165) is 6.42 Å². The zero-order chi connectivity index (χ0) is 14.2. The number of hydrogen-bond acceptors (Lipinski definition) is 3. The maximum atomic E-state index is 13.9. The third-order valence-electron chi connectivity index (χ3n) is 3.69. The van der Waals surface area contributed by atoms with Crippen LogP contribution in [0, 0.1) is 17.7 Å². The molecule has 19 heavy (non-hydrogen) atoms. The molecule has 2 unspecified atom stereocenters. The summed E-state index contributed by atoms with van der Waals surface area (Å²) in [4.78, 5) is -0.277. The van der Waals surface area contributed by atoms with Crippen molar-refractivity contribution in [3.8, 4) is 0 Å². The Balaban J connectivity index is 2.23. The first kappa shape index (κ1) is 14.4. The SMILES string of the molecule is CC1CC1CN(C)S(=O)(=O)c1ccc(CN)cc1F. The number of rotatable bonds is 5. The average molecular weight is 286 g/mol. The van der Waals surface area contributed by atoms with E-state index in [1.807, 2.05) is 0 Å². The molecule has 1 aromatic rings. The van der Waals surface area contributed by atoms with E-state index in [9.17, 15) is 12.8 Å². The van der Waals surface area contributed by atoms with Crippen molar-refractivity contribution in [3.63, 3.8) is 0 Å². The molecule has 0 amide bonds. The van der Waals surface area contributed by atoms with Crippen LogP contribution in [0.1, 0.15) is 18.9 Å². The van der Waals surface area contributed by atoms with Crippen LogP contribution in [0.4, 0.5) is 4.39 Å². The van der Waals surface area contributed by atoms with Gasteiger partial charge in [0.05, 0.1) is 0 Å². The first-order chi connectivity index (χ1) is 8.86. The van der Waals surface area contributed by atoms with E-state index in [-0.39, 0.29) is 11.4 Å². The Hall–Kier alpha value is -0.980. The summed E-state index contributed by atoms with van der Waals surface area (Å²) in [5.41, 5.74) is 5.98. The average Bonchev–Trinajstić information content (AvgIpc) is 3.04. The highest BCUT2D eigenvalue weighted by Gasteiger charge is 2.36. The maximum Gasteiger partial charge on any atom is 0.245 e. The zero-order valence-electron chi connectivity index (χ0n) is 11.1. The van der Waals surface area contributed by atoms with Gasteiger partial charge in [-0.05, 0) is 36.0 Å². The maximum absolute atomic E-state index is 13.9. The largest absolute Gasteiger partial charge is 0.326 e. The molecule has 0 spiro atoms. The summed E-state index contributed by atoms with van der Waals surface area (Å²) < 4.78 is 39.7. The van der Waals surface area contributed by atoms with Crippen molar-refractivity contribution >= 4 is 10.0 Å². The van der Waals surface area contributed by atoms with Gasteiger partial charge in [0.15, 0.2) is 0 Å². The molecule has 0 aliphatic heterocycles. The molecule has 1 fully saturated rings. The molecule has 2 atom stereocenters. The minimum atomic E-state index is -3.76. The second-order valence-electron chi connectivity index (χ2n) is 5.23. The highest BCUT2D eigenvalue weighted by atomic mass is 32.2. The van der Waals surface area contributed by atoms with Gasteiger partial charge in [-0.1, -0.05) is 13.0 Å². The Morgan fingerprint density at radius 2 is 2.11 bits per heavy atom. The molecule has 0 heterocycles. The Kier molecular flexibility index (Phi) is 3.94. The van der Waals surface area contributed by atoms with Crippen molar-refractivity contribution in [2.75, 3.05) is 13.6 Å². The van der Waals surface area contributed by atoms with Crippen molar-refractivity contribution < 1.29 is 12.8 Å². The van der Waals surface area contributed by atoms with Crippen LogP contribution in [0.2, 0.25) is 0 Å². The second-order valence-corrected chi connectivity index (χ2v) is 7.24. The predicted molar refractivity (Wildman–Crippen MR) is 71.4 cm³/mol. The number of hydrogen-bond donors (Lipinski definition) is 1. The Labute approximate surface area is 113 Å². The fourth-order valence-corrected chi connectivity index (χ4v) is 3.40. The molecule has 0 bridgehead atoms. The van der Waals surface area contributed by atoms with Gasteiger partial charge in [0, 0.05) is 20.1 Å². The molecule has 0 aromatic heterocycles. The topological polar surface area (TPSA) is 63.4 Å². The third kappa shape index (κ3) is 2.96. The van der Waals surface area contributed by atoms with E-state index < -0.39 is 15.8 Å². The van der Waals surface area contributed by atoms with Crippen LogP contribution >= 0.6 is 0 Å². The van der Waals surface area contributed by atoms with Crippen LogP contribution in [-0.4, -0.2) is 26.3 Å². The Bertz CT molecular complexity index is 574. The summed E-state index contributed by atoms with van der Waals surface area (Å²) >= 11 is 0. The van der Waals surface area contributed by atoms with Gasteiger partial charge in [0.1, 0.15) is 10.7 Å². The number of nitrogens with two attached hydrogens (primary N) is 1. The molecule has 2 rings (SSSR count). The number of benzene rings is 1. The highest BCUT2D eigenvalue weighted by Crippen LogP contribution is 2.38. The summed E-state index contributed by atoms with van der Waals surface area (Å²) in [5.74, 6) is 0.215. The number of halogens is 1. The van der Waals surface area contributed by atoms with E-state index in [1.54, 1.807) is 6.07 Å². The van der Waals surface area contributed by atoms with Crippen LogP contribution in [0.15, 0.2) is 23.1 Å². The lowest BCUT2D eigenvalue weighted by Gasteiger charge is -2.17. The predicted octanol–water partition coefficient (Wildman–Crippen LogP) is 1.56. The van der Waals surface area contributed by atoms with Crippen molar-refractivity contribution in [2.24, 2.45) is 17.6 Å². The van der Waals surface area contributed by atoms with Gasteiger partial charge < -0.3 is 5.73 Å². The summed E-state index contributed by atoms with van der Waals surface area (Å²) in [6.45, 7) is 2.72. The highest BCUT2D eigenvalue weighted by molar-refractivity contribution is 7.89. The van der Waals surface area contributed by atoms with Gasteiger partial charge in [-0.25, -0.2) is 17.1 Å². The minimum absolute atomic E-state index is 0.187. The fourth-order valence-electron chi connectivity index (χ4n) is 2.13. The fraction of sp³-hybridized carbons (Fsp3) is 0.538. The zero-order valence-corrected chi connectivity index (χ0v) is 12.0. The van der Waals surface area contributed by atoms with Crippen LogP contribution in [-0.2, 0) is 16.6 Å². The van der Waals surface area contributed by atoms with Gasteiger partial charge in [0.2, 0.25) is 10.0 Å². The summed E-state index contributed by atoms with van der Waals surface area (Å²) in [6, 6.07) is 4.02. The molecular formula is C13H19FN2O2S. The molecule has 0 radical (unpaired) electrons. The van der Waals surface area contributed by atoms with Crippen LogP contribution in [0.25, 0.3) is 0 Å². The second kappa shape index (κ2) is 5.19. The molecule has 1 aliphatic rings. The molecule has 106 valence electrons. The van der Waals surface area contributed by atoms with E-state index in [4.69, 9.17) is 5.73 Å². The Morgan fingerprint density at radius 1 is 1.47 bits per heavy atom. The molecule has 4 nitrogen and oxygen atoms in total. The molecule has 1 aromatic carbocycles. The molecular weight excluding hydrogens is 267 g/mol. The van der Waals surface area contributed by atoms with Crippen molar-refractivity contribution in [1.29, 1.82) is 0 Å². The summed E-state index contributed by atoms with van der Waals surface area (Å²) in [6.07, 6.45) is 1.04. The summed E-state index contributed by atoms with van der Waals surface area (Å²) in [7, 11) is -2.26. The quantitative estimate of drug-likeness (QED) is 0.893. The monoisotopic (exact) mass is 286 g/mol. The third-order valence-corrected chi connectivity index (χ3v) is 5.54. The number of sulfonamides is 1. The first-order valence-electron chi connectivity index (χ1n) is 6.31. The van der Waals surface area contributed by atoms with E-state index in [0.29, 0.717) is 23.9 Å². The molecule has 1 saturated carbocycles. The normalized spacial score (nSPS) is 22.8. The van der Waals surface area contributed by atoms with Gasteiger partial charge in [-0.3, -0.25) is 0 Å². The van der Waals surface area contributed by atoms with Crippen LogP contribution in [0.5, 0.6) is 0 Å². The molecule has 6 heteroatoms. The van der Waals surface area contributed by atoms with E-state index in [1.165, 1.54) is 23.5 Å².